The molecule has 4 aliphatic rings. The largest absolute Gasteiger partial charge is 0.0776 e. The maximum atomic E-state index is 2.37. The van der Waals surface area contributed by atoms with Gasteiger partial charge in [0, 0.05) is 0 Å². The monoisotopic (exact) mass is 545 g/mol. The summed E-state index contributed by atoms with van der Waals surface area (Å²) in [6.45, 7) is 18.9. The molecular weight excluding hydrogens is 456 g/mol. The van der Waals surface area contributed by atoms with Gasteiger partial charge in [-0.3, -0.25) is 0 Å². The molecule has 0 heterocycles. The third-order valence-corrected chi connectivity index (χ3v) is 9.22. The van der Waals surface area contributed by atoms with E-state index in [4.69, 9.17) is 0 Å². The zero-order valence-electron chi connectivity index (χ0n) is 23.9. The van der Waals surface area contributed by atoms with Crippen LogP contribution >= 0.6 is 0 Å². The van der Waals surface area contributed by atoms with Crippen molar-refractivity contribution in [3.05, 3.63) is 0 Å². The molecule has 0 atom stereocenters. The molecule has 0 aromatic rings. The van der Waals surface area contributed by atoms with Crippen LogP contribution in [0.3, 0.4) is 0 Å². The Labute approximate surface area is 249 Å². The molecule has 4 fully saturated rings. The maximum Gasteiger partial charge on any atom is -0.0443 e. The summed E-state index contributed by atoms with van der Waals surface area (Å²) >= 11 is 0. The maximum absolute atomic E-state index is 2.37. The molecule has 0 amide bonds. The first-order valence-electron chi connectivity index (χ1n) is 15.2. The lowest BCUT2D eigenvalue weighted by Crippen LogP contribution is -2.08. The summed E-state index contributed by atoms with van der Waals surface area (Å²) in [5.74, 6) is 8.16. The van der Waals surface area contributed by atoms with Gasteiger partial charge in [-0.05, 0) is 47.3 Å². The van der Waals surface area contributed by atoms with Crippen molar-refractivity contribution < 1.29 is 0 Å². The van der Waals surface area contributed by atoms with Gasteiger partial charge in [-0.25, -0.2) is 0 Å². The van der Waals surface area contributed by atoms with Gasteiger partial charge in [0.2, 0.25) is 0 Å². The average Bonchev–Trinajstić information content (AvgIpc) is 2.78. The molecule has 0 saturated heterocycles. The zero-order chi connectivity index (χ0) is 23.9. The minimum absolute atomic E-state index is 0. The van der Waals surface area contributed by atoms with Crippen molar-refractivity contribution in [1.29, 1.82) is 0 Å². The van der Waals surface area contributed by atoms with Gasteiger partial charge < -0.3 is 0 Å². The van der Waals surface area contributed by atoms with Crippen LogP contribution in [-0.2, 0) is 0 Å². The van der Waals surface area contributed by atoms with Crippen molar-refractivity contribution in [2.75, 3.05) is 0 Å². The SMILES string of the molecule is C.C.C.C.C.C.CC1CCC(C)CC1.CC1CCC(C)CC1.CC1CCC(C)CC1.CC1CCC(C)CC1. The predicted octanol–water partition coefficient (Wildman–Crippen LogP) is 15.1. The van der Waals surface area contributed by atoms with Crippen molar-refractivity contribution in [1.82, 2.24) is 0 Å². The summed E-state index contributed by atoms with van der Waals surface area (Å²) in [5.41, 5.74) is 0. The van der Waals surface area contributed by atoms with Crippen LogP contribution in [-0.4, -0.2) is 0 Å². The van der Waals surface area contributed by atoms with Gasteiger partial charge in [0.05, 0.1) is 0 Å². The molecule has 4 saturated carbocycles. The minimum atomic E-state index is 0. The molecule has 4 aliphatic carbocycles. The molecule has 0 bridgehead atoms. The Morgan fingerprint density at radius 2 is 0.237 bits per heavy atom. The summed E-state index contributed by atoms with van der Waals surface area (Å²) in [4.78, 5) is 0. The highest BCUT2D eigenvalue weighted by atomic mass is 14.2. The fourth-order valence-electron chi connectivity index (χ4n) is 5.71. The van der Waals surface area contributed by atoms with Crippen molar-refractivity contribution in [2.45, 2.75) is 203 Å². The molecular formula is C38H88. The summed E-state index contributed by atoms with van der Waals surface area (Å²) in [7, 11) is 0. The first-order chi connectivity index (χ1) is 15.2. The van der Waals surface area contributed by atoms with Gasteiger partial charge in [0.15, 0.2) is 0 Å². The van der Waals surface area contributed by atoms with Gasteiger partial charge in [-0.1, -0.05) is 203 Å². The molecule has 0 radical (unpaired) electrons. The Bertz CT molecular complexity index is 274. The van der Waals surface area contributed by atoms with Crippen molar-refractivity contribution >= 4 is 0 Å². The highest BCUT2D eigenvalue weighted by Crippen LogP contribution is 2.29. The summed E-state index contributed by atoms with van der Waals surface area (Å²) in [6, 6.07) is 0. The molecule has 0 N–H and O–H groups in total. The van der Waals surface area contributed by atoms with E-state index in [2.05, 4.69) is 55.4 Å². The second-order valence-electron chi connectivity index (χ2n) is 13.5. The van der Waals surface area contributed by atoms with Crippen LogP contribution in [0.5, 0.6) is 0 Å². The van der Waals surface area contributed by atoms with Crippen LogP contribution in [0.1, 0.15) is 203 Å². The van der Waals surface area contributed by atoms with Gasteiger partial charge in [0.1, 0.15) is 0 Å². The third-order valence-electron chi connectivity index (χ3n) is 9.22. The van der Waals surface area contributed by atoms with Crippen LogP contribution in [0.2, 0.25) is 0 Å². The molecule has 0 unspecified atom stereocenters. The van der Waals surface area contributed by atoms with E-state index in [1.54, 1.807) is 0 Å². The molecule has 0 heteroatoms. The molecule has 0 aromatic heterocycles. The molecule has 38 heavy (non-hydrogen) atoms. The van der Waals surface area contributed by atoms with E-state index in [1.165, 1.54) is 103 Å². The first-order valence-corrected chi connectivity index (χ1v) is 15.2. The van der Waals surface area contributed by atoms with Crippen LogP contribution < -0.4 is 0 Å². The van der Waals surface area contributed by atoms with E-state index < -0.39 is 0 Å². The summed E-state index contributed by atoms with van der Waals surface area (Å²) in [5, 5.41) is 0. The quantitative estimate of drug-likeness (QED) is 0.284. The number of hydrogen-bond acceptors (Lipinski definition) is 0. The lowest BCUT2D eigenvalue weighted by atomic mass is 9.84. The average molecular weight is 545 g/mol. The Balaban J connectivity index is -0.0000000853. The Morgan fingerprint density at radius 1 is 0.184 bits per heavy atom. The van der Waals surface area contributed by atoms with Gasteiger partial charge in [-0.15, -0.1) is 0 Å². The van der Waals surface area contributed by atoms with E-state index in [0.717, 1.165) is 47.3 Å². The molecule has 0 aliphatic heterocycles. The van der Waals surface area contributed by atoms with Gasteiger partial charge in [0.25, 0.3) is 0 Å². The second-order valence-corrected chi connectivity index (χ2v) is 13.5. The lowest BCUT2D eigenvalue weighted by molar-refractivity contribution is 0.308. The van der Waals surface area contributed by atoms with Crippen LogP contribution in [0, 0.1) is 47.3 Å². The minimum Gasteiger partial charge on any atom is -0.0776 e. The van der Waals surface area contributed by atoms with Gasteiger partial charge >= 0.3 is 0 Å². The van der Waals surface area contributed by atoms with Crippen molar-refractivity contribution in [3.8, 4) is 0 Å². The number of hydrogen-bond donors (Lipinski definition) is 0. The standard InChI is InChI=1S/4C8H16.6CH4/c4*1-7-3-5-8(2)6-4-7;;;;;;/h4*7-8H,3-6H2,1-2H3;6*1H4. The van der Waals surface area contributed by atoms with Crippen molar-refractivity contribution in [3.63, 3.8) is 0 Å². The molecule has 240 valence electrons. The fraction of sp³-hybridized carbons (Fsp3) is 1.00. The smallest absolute Gasteiger partial charge is 0.0443 e. The zero-order valence-corrected chi connectivity index (χ0v) is 23.9. The van der Waals surface area contributed by atoms with Crippen LogP contribution in [0.15, 0.2) is 0 Å². The van der Waals surface area contributed by atoms with Crippen LogP contribution in [0.4, 0.5) is 0 Å². The molecule has 4 rings (SSSR count). The second kappa shape index (κ2) is 30.0. The first kappa shape index (κ1) is 50.8. The van der Waals surface area contributed by atoms with Gasteiger partial charge in [-0.2, -0.15) is 0 Å². The molecule has 0 spiro atoms. The summed E-state index contributed by atoms with van der Waals surface area (Å²) < 4.78 is 0. The van der Waals surface area contributed by atoms with Crippen molar-refractivity contribution in [2.24, 2.45) is 47.3 Å². The van der Waals surface area contributed by atoms with E-state index >= 15 is 0 Å². The fourth-order valence-corrected chi connectivity index (χ4v) is 5.71. The highest BCUT2D eigenvalue weighted by molar-refractivity contribution is 4.67. The third kappa shape index (κ3) is 27.6. The Kier molecular flexibility index (Phi) is 40.1. The van der Waals surface area contributed by atoms with E-state index in [1.807, 2.05) is 0 Å². The van der Waals surface area contributed by atoms with E-state index in [0.29, 0.717) is 0 Å². The van der Waals surface area contributed by atoms with Crippen LogP contribution in [0.25, 0.3) is 0 Å². The number of rotatable bonds is 0. The topological polar surface area (TPSA) is 0 Å². The Hall–Kier alpha value is 0. The molecule has 0 aromatic carbocycles. The van der Waals surface area contributed by atoms with E-state index in [-0.39, 0.29) is 44.6 Å². The highest BCUT2D eigenvalue weighted by Gasteiger charge is 2.15. The Morgan fingerprint density at radius 3 is 0.289 bits per heavy atom. The normalized spacial score (nSPS) is 33.5. The summed E-state index contributed by atoms with van der Waals surface area (Å²) in [6.07, 6.45) is 23.6. The molecule has 0 nitrogen and oxygen atoms in total. The van der Waals surface area contributed by atoms with E-state index in [9.17, 15) is 0 Å². The predicted molar refractivity (Wildman–Crippen MR) is 188 cm³/mol. The lowest BCUT2D eigenvalue weighted by Gasteiger charge is -2.22.